The van der Waals surface area contributed by atoms with Crippen molar-refractivity contribution in [2.24, 2.45) is 0 Å². The third kappa shape index (κ3) is 3.95. The minimum absolute atomic E-state index is 0.141. The first-order valence-electron chi connectivity index (χ1n) is 7.06. The second-order valence-electron chi connectivity index (χ2n) is 6.04. The van der Waals surface area contributed by atoms with E-state index in [-0.39, 0.29) is 5.15 Å². The number of alkyl halides is 3. The molecule has 1 amide bonds. The first-order valence-corrected chi connectivity index (χ1v) is 6.94. The van der Waals surface area contributed by atoms with E-state index in [4.69, 9.17) is 22.4 Å². The van der Waals surface area contributed by atoms with Gasteiger partial charge in [0.15, 0.2) is 0 Å². The fourth-order valence-electron chi connectivity index (χ4n) is 1.83. The highest BCUT2D eigenvalue weighted by Gasteiger charge is 2.66. The largest absolute Gasteiger partial charge is 0.456 e. The zero-order valence-electron chi connectivity index (χ0n) is 13.6. The number of nitrogens with zero attached hydrogens (tertiary/aromatic N) is 3. The van der Waals surface area contributed by atoms with E-state index < -0.39 is 48.6 Å². The highest BCUT2D eigenvalue weighted by atomic mass is 35.5. The number of hydrogen-bond acceptors (Lipinski definition) is 5. The summed E-state index contributed by atoms with van der Waals surface area (Å²) in [4.78, 5) is 19.7. The molecule has 1 fully saturated rings. The maximum atomic E-state index is 13.4. The van der Waals surface area contributed by atoms with Crippen molar-refractivity contribution in [1.82, 2.24) is 14.9 Å². The van der Waals surface area contributed by atoms with E-state index in [1.54, 1.807) is 20.8 Å². The normalized spacial score (nSPS) is 18.0. The Balaban J connectivity index is 2.16. The molecule has 0 aliphatic carbocycles. The van der Waals surface area contributed by atoms with Crippen LogP contribution in [0.15, 0.2) is 12.4 Å². The van der Waals surface area contributed by atoms with Gasteiger partial charge in [-0.05, 0) is 20.8 Å². The lowest BCUT2D eigenvalue weighted by atomic mass is 9.93. The second-order valence-corrected chi connectivity index (χ2v) is 6.43. The molecule has 1 aromatic heterocycles. The fourth-order valence-corrected chi connectivity index (χ4v) is 1.92. The van der Waals surface area contributed by atoms with E-state index in [0.29, 0.717) is 0 Å². The molecule has 0 unspecified atom stereocenters. The van der Waals surface area contributed by atoms with E-state index in [1.807, 2.05) is 0 Å². The van der Waals surface area contributed by atoms with Gasteiger partial charge in [-0.1, -0.05) is 11.6 Å². The zero-order chi connectivity index (χ0) is 18.3. The SMILES string of the molecule is [3H]c1nc(Cl)cnc1OC1(C(F)(F)F)CN(C(=O)OC(C)(C)C)C1. The summed E-state index contributed by atoms with van der Waals surface area (Å²) in [5.74, 6) is -0.611. The highest BCUT2D eigenvalue weighted by Crippen LogP contribution is 2.41. The third-order valence-electron chi connectivity index (χ3n) is 2.90. The Hall–Kier alpha value is -1.77. The van der Waals surface area contributed by atoms with Crippen LogP contribution in [0.5, 0.6) is 5.88 Å². The van der Waals surface area contributed by atoms with Crippen LogP contribution in [-0.2, 0) is 4.74 Å². The van der Waals surface area contributed by atoms with Gasteiger partial charge in [-0.2, -0.15) is 13.2 Å². The maximum absolute atomic E-state index is 13.4. The van der Waals surface area contributed by atoms with Gasteiger partial charge >= 0.3 is 12.3 Å². The number of halogens is 4. The molecule has 1 aromatic rings. The van der Waals surface area contributed by atoms with Gasteiger partial charge in [-0.25, -0.2) is 14.8 Å². The summed E-state index contributed by atoms with van der Waals surface area (Å²) in [6.07, 6.45) is -5.30. The van der Waals surface area contributed by atoms with Gasteiger partial charge in [0, 0.05) is 0 Å². The number of carbonyl (C=O) groups excluding carboxylic acids is 1. The first-order chi connectivity index (χ1) is 10.8. The van der Waals surface area contributed by atoms with Crippen LogP contribution in [-0.4, -0.2) is 51.4 Å². The van der Waals surface area contributed by atoms with E-state index in [1.165, 1.54) is 0 Å². The molecular formula is C13H15ClF3N3O3. The van der Waals surface area contributed by atoms with Gasteiger partial charge in [0.25, 0.3) is 0 Å². The minimum Gasteiger partial charge on any atom is -0.456 e. The number of carbonyl (C=O) groups is 1. The molecule has 128 valence electrons. The van der Waals surface area contributed by atoms with Gasteiger partial charge in [0.05, 0.1) is 26.8 Å². The lowest BCUT2D eigenvalue weighted by molar-refractivity contribution is -0.285. The molecule has 10 heteroatoms. The van der Waals surface area contributed by atoms with Crippen LogP contribution in [0.25, 0.3) is 0 Å². The number of aromatic nitrogens is 2. The van der Waals surface area contributed by atoms with Gasteiger partial charge in [0.1, 0.15) is 10.8 Å². The van der Waals surface area contributed by atoms with Crippen LogP contribution in [0.4, 0.5) is 18.0 Å². The topological polar surface area (TPSA) is 64.6 Å². The Morgan fingerprint density at radius 3 is 2.48 bits per heavy atom. The number of ether oxygens (including phenoxy) is 2. The van der Waals surface area contributed by atoms with Crippen LogP contribution in [0.2, 0.25) is 5.15 Å². The molecule has 1 saturated heterocycles. The molecule has 0 saturated carbocycles. The zero-order valence-corrected chi connectivity index (χ0v) is 13.3. The van der Waals surface area contributed by atoms with Crippen LogP contribution in [0, 0.1) is 0 Å². The fraction of sp³-hybridized carbons (Fsp3) is 0.615. The lowest BCUT2D eigenvalue weighted by Gasteiger charge is -2.49. The van der Waals surface area contributed by atoms with E-state index >= 15 is 0 Å². The summed E-state index contributed by atoms with van der Waals surface area (Å²) in [6, 6.07) is 0. The molecule has 6 nitrogen and oxygen atoms in total. The summed E-state index contributed by atoms with van der Waals surface area (Å²) >= 11 is 5.51. The number of rotatable bonds is 2. The molecular weight excluding hydrogens is 339 g/mol. The summed E-state index contributed by atoms with van der Waals surface area (Å²) in [6.45, 7) is 3.28. The van der Waals surface area contributed by atoms with Crippen molar-refractivity contribution in [3.8, 4) is 5.88 Å². The Morgan fingerprint density at radius 2 is 2.00 bits per heavy atom. The summed E-state index contributed by atoms with van der Waals surface area (Å²) < 4.78 is 57.6. The molecule has 1 aliphatic heterocycles. The Morgan fingerprint density at radius 1 is 1.39 bits per heavy atom. The maximum Gasteiger partial charge on any atom is 0.431 e. The number of hydrogen-bond donors (Lipinski definition) is 0. The summed E-state index contributed by atoms with van der Waals surface area (Å²) in [5, 5.41) is -0.141. The van der Waals surface area contributed by atoms with E-state index in [2.05, 4.69) is 9.97 Å². The average molecular weight is 356 g/mol. The standard InChI is InChI=1S/C13H15ClF3N3O3/c1-11(2,3)23-10(21)20-6-12(7-20,13(15,16)17)22-9-5-18-8(14)4-19-9/h4-5H,6-7H2,1-3H3/i5T. The molecule has 0 radical (unpaired) electrons. The van der Waals surface area contributed by atoms with Crippen LogP contribution in [0.3, 0.4) is 0 Å². The Kier molecular flexibility index (Phi) is 3.99. The summed E-state index contributed by atoms with van der Waals surface area (Å²) in [7, 11) is 0. The second kappa shape index (κ2) is 5.70. The molecule has 2 rings (SSSR count). The van der Waals surface area contributed by atoms with Crippen molar-refractivity contribution in [1.29, 1.82) is 0 Å². The lowest BCUT2D eigenvalue weighted by Crippen LogP contribution is -2.73. The van der Waals surface area contributed by atoms with Gasteiger partial charge in [-0.15, -0.1) is 0 Å². The van der Waals surface area contributed by atoms with Gasteiger partial charge in [0.2, 0.25) is 11.5 Å². The monoisotopic (exact) mass is 355 g/mol. The minimum atomic E-state index is -4.78. The molecule has 0 bridgehead atoms. The average Bonchev–Trinajstić information content (AvgIpc) is 2.31. The van der Waals surface area contributed by atoms with Crippen LogP contribution in [0.1, 0.15) is 22.1 Å². The van der Waals surface area contributed by atoms with Crippen molar-refractivity contribution in [3.05, 3.63) is 17.5 Å². The molecule has 1 aliphatic rings. The predicted octanol–water partition coefficient (Wildman–Crippen LogP) is 3.06. The van der Waals surface area contributed by atoms with Crippen molar-refractivity contribution < 1.29 is 28.8 Å². The first kappa shape index (κ1) is 16.1. The highest BCUT2D eigenvalue weighted by molar-refractivity contribution is 6.29. The van der Waals surface area contributed by atoms with Crippen LogP contribution >= 0.6 is 11.6 Å². The van der Waals surface area contributed by atoms with E-state index in [0.717, 1.165) is 11.1 Å². The van der Waals surface area contributed by atoms with Gasteiger partial charge in [-0.3, -0.25) is 4.90 Å². The number of amides is 1. The van der Waals surface area contributed by atoms with Crippen molar-refractivity contribution in [3.63, 3.8) is 0 Å². The molecule has 2 heterocycles. The van der Waals surface area contributed by atoms with E-state index in [9.17, 15) is 18.0 Å². The Labute approximate surface area is 137 Å². The predicted molar refractivity (Wildman–Crippen MR) is 74.3 cm³/mol. The van der Waals surface area contributed by atoms with Crippen molar-refractivity contribution in [2.75, 3.05) is 13.1 Å². The number of likely N-dealkylation sites (tertiary alicyclic amines) is 1. The third-order valence-corrected chi connectivity index (χ3v) is 3.08. The summed E-state index contributed by atoms with van der Waals surface area (Å²) in [5.41, 5.74) is -3.49. The van der Waals surface area contributed by atoms with Crippen LogP contribution < -0.4 is 4.74 Å². The van der Waals surface area contributed by atoms with Gasteiger partial charge < -0.3 is 9.47 Å². The molecule has 23 heavy (non-hydrogen) atoms. The van der Waals surface area contributed by atoms with Crippen molar-refractivity contribution >= 4 is 17.7 Å². The quantitative estimate of drug-likeness (QED) is 0.815. The Bertz CT molecular complexity index is 646. The smallest absolute Gasteiger partial charge is 0.431 e. The molecule has 0 spiro atoms. The molecule has 0 N–H and O–H groups in total. The van der Waals surface area contributed by atoms with Crippen molar-refractivity contribution in [2.45, 2.75) is 38.1 Å². The molecule has 0 atom stereocenters. The molecule has 0 aromatic carbocycles.